The van der Waals surface area contributed by atoms with E-state index in [2.05, 4.69) is 26.6 Å². The third kappa shape index (κ3) is 12.1. The lowest BCUT2D eigenvalue weighted by atomic mass is 10.00. The van der Waals surface area contributed by atoms with E-state index < -0.39 is 64.6 Å². The summed E-state index contributed by atoms with van der Waals surface area (Å²) in [6.07, 6.45) is -1.56. The number of nitro benzene ring substituents is 1. The topological polar surface area (TPSA) is 209 Å². The van der Waals surface area contributed by atoms with Gasteiger partial charge in [-0.05, 0) is 42.2 Å². The number of rotatable bonds is 17. The van der Waals surface area contributed by atoms with Gasteiger partial charge in [-0.1, -0.05) is 74.8 Å². The number of aliphatic hydroxyl groups is 1. The number of aliphatic hydroxyl groups excluding tert-OH is 1. The van der Waals surface area contributed by atoms with Crippen molar-refractivity contribution in [3.05, 3.63) is 105 Å². The maximum Gasteiger partial charge on any atom is 0.271 e. The number of amides is 5. The van der Waals surface area contributed by atoms with Crippen LogP contribution >= 0.6 is 11.6 Å². The summed E-state index contributed by atoms with van der Waals surface area (Å²) in [5.74, 6) is -4.54. The standard InChI is InChI=1S/C36H42ClFN6O8/c1-5-30(46)42-31(20(2)3)35(49)40-29(18-23-11-13-24(38)14-12-23)34(48)43-32(21(4)45)36(50)41-28(17-22-9-7-6-8-10-22)33(47)39-27-16-15-25(44(51)52)19-26(27)37/h6-16,19-21,28-29,31-32,45H,5,17-18H2,1-4H3,(H,39,47)(H,40,49)(H,41,50)(H,42,46)(H,43,48)/t21-,28+,29+,31+,32+/m1/s1. The molecular weight excluding hydrogens is 699 g/mol. The van der Waals surface area contributed by atoms with Crippen molar-refractivity contribution in [3.8, 4) is 0 Å². The van der Waals surface area contributed by atoms with Crippen LogP contribution in [0.4, 0.5) is 15.8 Å². The molecule has 0 radical (unpaired) electrons. The van der Waals surface area contributed by atoms with Crippen molar-refractivity contribution >= 4 is 52.5 Å². The third-order valence-corrected chi connectivity index (χ3v) is 8.29. The number of halogens is 2. The van der Waals surface area contributed by atoms with Crippen LogP contribution in [0.1, 0.15) is 45.2 Å². The zero-order chi connectivity index (χ0) is 38.5. The monoisotopic (exact) mass is 740 g/mol. The van der Waals surface area contributed by atoms with Crippen LogP contribution < -0.4 is 26.6 Å². The Hall–Kier alpha value is -5.41. The molecule has 14 nitrogen and oxygen atoms in total. The van der Waals surface area contributed by atoms with E-state index in [9.17, 15) is 43.6 Å². The Morgan fingerprint density at radius 1 is 0.769 bits per heavy atom. The van der Waals surface area contributed by atoms with E-state index in [-0.39, 0.29) is 47.5 Å². The predicted molar refractivity (Wildman–Crippen MR) is 192 cm³/mol. The number of hydrogen-bond acceptors (Lipinski definition) is 8. The first-order valence-corrected chi connectivity index (χ1v) is 16.9. The van der Waals surface area contributed by atoms with Crippen molar-refractivity contribution in [2.45, 2.75) is 77.2 Å². The molecule has 0 aliphatic carbocycles. The van der Waals surface area contributed by atoms with Crippen LogP contribution in [-0.4, -0.2) is 69.8 Å². The van der Waals surface area contributed by atoms with Gasteiger partial charge in [-0.15, -0.1) is 0 Å². The van der Waals surface area contributed by atoms with Gasteiger partial charge in [-0.25, -0.2) is 4.39 Å². The van der Waals surface area contributed by atoms with Crippen molar-refractivity contribution in [2.24, 2.45) is 5.92 Å². The van der Waals surface area contributed by atoms with Crippen LogP contribution in [0, 0.1) is 21.8 Å². The smallest absolute Gasteiger partial charge is 0.271 e. The highest BCUT2D eigenvalue weighted by atomic mass is 35.5. The molecule has 5 atom stereocenters. The van der Waals surface area contributed by atoms with Gasteiger partial charge in [0.1, 0.15) is 30.0 Å². The molecule has 0 unspecified atom stereocenters. The molecule has 0 fully saturated rings. The summed E-state index contributed by atoms with van der Waals surface area (Å²) in [6, 6.07) is 12.0. The maximum absolute atomic E-state index is 13.8. The van der Waals surface area contributed by atoms with E-state index in [0.717, 1.165) is 12.1 Å². The molecule has 0 saturated heterocycles. The molecular formula is C36H42ClFN6O8. The van der Waals surface area contributed by atoms with E-state index in [1.54, 1.807) is 51.1 Å². The fraction of sp³-hybridized carbons (Fsp3) is 0.361. The molecule has 0 aliphatic heterocycles. The number of hydrogen-bond donors (Lipinski definition) is 6. The van der Waals surface area contributed by atoms with Crippen molar-refractivity contribution in [3.63, 3.8) is 0 Å². The van der Waals surface area contributed by atoms with E-state index >= 15 is 0 Å². The summed E-state index contributed by atoms with van der Waals surface area (Å²) in [4.78, 5) is 77.0. The Labute approximate surface area is 305 Å². The number of nitrogens with zero attached hydrogens (tertiary/aromatic N) is 1. The molecule has 16 heteroatoms. The average Bonchev–Trinajstić information content (AvgIpc) is 3.10. The average molecular weight is 741 g/mol. The normalized spacial score (nSPS) is 13.8. The summed E-state index contributed by atoms with van der Waals surface area (Å²) in [5.41, 5.74) is 0.849. The third-order valence-electron chi connectivity index (χ3n) is 7.97. The summed E-state index contributed by atoms with van der Waals surface area (Å²) in [7, 11) is 0. The van der Waals surface area contributed by atoms with Gasteiger partial charge >= 0.3 is 0 Å². The second-order valence-electron chi connectivity index (χ2n) is 12.4. The second kappa shape index (κ2) is 19.3. The highest BCUT2D eigenvalue weighted by Crippen LogP contribution is 2.27. The summed E-state index contributed by atoms with van der Waals surface area (Å²) >= 11 is 6.18. The Balaban J connectivity index is 1.88. The predicted octanol–water partition coefficient (Wildman–Crippen LogP) is 3.20. The molecule has 52 heavy (non-hydrogen) atoms. The number of carbonyl (C=O) groups is 5. The van der Waals surface area contributed by atoms with Crippen molar-refractivity contribution in [2.75, 3.05) is 5.32 Å². The molecule has 3 aromatic carbocycles. The zero-order valence-electron chi connectivity index (χ0n) is 29.0. The minimum absolute atomic E-state index is 0.0349. The quantitative estimate of drug-likeness (QED) is 0.0893. The number of carbonyl (C=O) groups excluding carboxylic acids is 5. The Bertz CT molecular complexity index is 1740. The lowest BCUT2D eigenvalue weighted by molar-refractivity contribution is -0.384. The molecule has 0 bridgehead atoms. The molecule has 278 valence electrons. The lowest BCUT2D eigenvalue weighted by Gasteiger charge is -2.28. The molecule has 0 aromatic heterocycles. The van der Waals surface area contributed by atoms with E-state index in [1.165, 1.54) is 37.3 Å². The molecule has 0 saturated carbocycles. The van der Waals surface area contributed by atoms with Crippen LogP contribution in [0.15, 0.2) is 72.8 Å². The summed E-state index contributed by atoms with van der Waals surface area (Å²) in [5, 5.41) is 34.5. The molecule has 5 amide bonds. The minimum Gasteiger partial charge on any atom is -0.391 e. The number of benzene rings is 3. The van der Waals surface area contributed by atoms with Gasteiger partial charge in [0.05, 0.1) is 21.7 Å². The number of nitrogens with one attached hydrogen (secondary N) is 5. The van der Waals surface area contributed by atoms with Gasteiger partial charge in [0.2, 0.25) is 29.5 Å². The van der Waals surface area contributed by atoms with Gasteiger partial charge in [0.15, 0.2) is 0 Å². The fourth-order valence-electron chi connectivity index (χ4n) is 5.06. The van der Waals surface area contributed by atoms with Gasteiger partial charge in [0, 0.05) is 31.4 Å². The first-order chi connectivity index (χ1) is 24.6. The highest BCUT2D eigenvalue weighted by molar-refractivity contribution is 6.34. The van der Waals surface area contributed by atoms with Crippen LogP contribution in [0.2, 0.25) is 5.02 Å². The van der Waals surface area contributed by atoms with Gasteiger partial charge in [-0.3, -0.25) is 34.1 Å². The molecule has 0 heterocycles. The fourth-order valence-corrected chi connectivity index (χ4v) is 5.28. The molecule has 6 N–H and O–H groups in total. The lowest BCUT2D eigenvalue weighted by Crippen LogP contribution is -2.61. The molecule has 0 aliphatic rings. The van der Waals surface area contributed by atoms with Crippen LogP contribution in [-0.2, 0) is 36.8 Å². The Morgan fingerprint density at radius 2 is 1.33 bits per heavy atom. The van der Waals surface area contributed by atoms with E-state index in [4.69, 9.17) is 11.6 Å². The summed E-state index contributed by atoms with van der Waals surface area (Å²) in [6.45, 7) is 6.28. The summed E-state index contributed by atoms with van der Waals surface area (Å²) < 4.78 is 13.7. The number of anilines is 1. The zero-order valence-corrected chi connectivity index (χ0v) is 29.8. The Kier molecular flexibility index (Phi) is 15.2. The SMILES string of the molecule is CCC(=O)N[C@H](C(=O)N[C@@H](Cc1ccc(F)cc1)C(=O)N[C@H](C(=O)N[C@@H](Cc1ccccc1)C(=O)Nc1ccc([N+](=O)[O-])cc1Cl)[C@@H](C)O)C(C)C. The van der Waals surface area contributed by atoms with Gasteiger partial charge < -0.3 is 31.7 Å². The first kappa shape index (κ1) is 41.0. The number of nitro groups is 1. The van der Waals surface area contributed by atoms with E-state index in [0.29, 0.717) is 11.1 Å². The van der Waals surface area contributed by atoms with Crippen LogP contribution in [0.25, 0.3) is 0 Å². The first-order valence-electron chi connectivity index (χ1n) is 16.5. The molecule has 3 aromatic rings. The molecule has 0 spiro atoms. The minimum atomic E-state index is -1.63. The van der Waals surface area contributed by atoms with Crippen LogP contribution in [0.3, 0.4) is 0 Å². The highest BCUT2D eigenvalue weighted by Gasteiger charge is 2.34. The van der Waals surface area contributed by atoms with E-state index in [1.807, 2.05) is 0 Å². The number of non-ortho nitro benzene ring substituents is 1. The molecule has 3 rings (SSSR count). The van der Waals surface area contributed by atoms with Crippen LogP contribution in [0.5, 0.6) is 0 Å². The second-order valence-corrected chi connectivity index (χ2v) is 12.8. The van der Waals surface area contributed by atoms with Crippen molar-refractivity contribution in [1.29, 1.82) is 0 Å². The van der Waals surface area contributed by atoms with Gasteiger partial charge in [-0.2, -0.15) is 0 Å². The largest absolute Gasteiger partial charge is 0.391 e. The maximum atomic E-state index is 13.8. The van der Waals surface area contributed by atoms with Gasteiger partial charge in [0.25, 0.3) is 5.69 Å². The Morgan fingerprint density at radius 3 is 1.85 bits per heavy atom. The van der Waals surface area contributed by atoms with Crippen molar-refractivity contribution < 1.29 is 38.4 Å². The van der Waals surface area contributed by atoms with Crippen molar-refractivity contribution in [1.82, 2.24) is 21.3 Å².